The van der Waals surface area contributed by atoms with E-state index in [1.54, 1.807) is 0 Å². The number of unbranched alkanes of at least 4 members (excludes halogenated alkanes) is 3. The molecule has 13 heavy (non-hydrogen) atoms. The molecule has 0 saturated carbocycles. The highest BCUT2D eigenvalue weighted by Crippen LogP contribution is 2.13. The number of hydrogen-bond donors (Lipinski definition) is 0. The van der Waals surface area contributed by atoms with Gasteiger partial charge >= 0.3 is 0 Å². The van der Waals surface area contributed by atoms with Crippen molar-refractivity contribution in [1.29, 1.82) is 0 Å². The Morgan fingerprint density at radius 1 is 1.00 bits per heavy atom. The van der Waals surface area contributed by atoms with Gasteiger partial charge in [0.05, 0.1) is 0 Å². The number of hydrogen-bond acceptors (Lipinski definition) is 0. The highest BCUT2D eigenvalue weighted by atomic mass is 31.1. The van der Waals surface area contributed by atoms with E-state index in [1.807, 2.05) is 0 Å². The lowest BCUT2D eigenvalue weighted by molar-refractivity contribution is 0.706. The van der Waals surface area contributed by atoms with E-state index in [4.69, 9.17) is 0 Å². The van der Waals surface area contributed by atoms with Gasteiger partial charge in [-0.3, -0.25) is 0 Å². The molecule has 1 aromatic rings. The van der Waals surface area contributed by atoms with Crippen molar-refractivity contribution in [2.45, 2.75) is 32.6 Å². The molecule has 0 heterocycles. The smallest absolute Gasteiger partial charge is 0.0193 e. The minimum atomic E-state index is 1.32. The summed E-state index contributed by atoms with van der Waals surface area (Å²) >= 11 is 0. The van der Waals surface area contributed by atoms with Gasteiger partial charge in [-0.1, -0.05) is 56.5 Å². The van der Waals surface area contributed by atoms with Crippen LogP contribution in [0.4, 0.5) is 0 Å². The van der Waals surface area contributed by atoms with Crippen LogP contribution in [-0.2, 0) is 0 Å². The van der Waals surface area contributed by atoms with Crippen LogP contribution in [0.25, 0.3) is 0 Å². The standard InChI is InChI=1S/C12H18P/c1-2-3-4-8-11-13-12-9-6-5-7-10-12/h5-7,9-10H,2-4,8,11H2,1H3. The average molecular weight is 193 g/mol. The van der Waals surface area contributed by atoms with Crippen LogP contribution in [0.15, 0.2) is 30.3 Å². The summed E-state index contributed by atoms with van der Waals surface area (Å²) in [6, 6.07) is 10.7. The molecule has 1 radical (unpaired) electrons. The molecule has 1 aromatic carbocycles. The summed E-state index contributed by atoms with van der Waals surface area (Å²) in [4.78, 5) is 0. The van der Waals surface area contributed by atoms with E-state index in [1.165, 1.54) is 45.7 Å². The summed E-state index contributed by atoms with van der Waals surface area (Å²) in [6.07, 6.45) is 6.83. The molecule has 0 aliphatic carbocycles. The maximum Gasteiger partial charge on any atom is -0.0193 e. The van der Waals surface area contributed by atoms with E-state index in [9.17, 15) is 0 Å². The van der Waals surface area contributed by atoms with E-state index < -0.39 is 0 Å². The van der Waals surface area contributed by atoms with Crippen molar-refractivity contribution in [3.05, 3.63) is 30.3 Å². The summed E-state index contributed by atoms with van der Waals surface area (Å²) in [5.74, 6) is 0. The molecule has 0 aromatic heterocycles. The first kappa shape index (κ1) is 10.7. The summed E-state index contributed by atoms with van der Waals surface area (Å²) in [5.41, 5.74) is 0. The van der Waals surface area contributed by atoms with Gasteiger partial charge in [-0.15, -0.1) is 0 Å². The fourth-order valence-corrected chi connectivity index (χ4v) is 2.30. The van der Waals surface area contributed by atoms with Gasteiger partial charge < -0.3 is 0 Å². The Labute approximate surface area is 83.5 Å². The second kappa shape index (κ2) is 7.09. The predicted octanol–water partition coefficient (Wildman–Crippen LogP) is 3.84. The van der Waals surface area contributed by atoms with Gasteiger partial charge in [-0.05, 0) is 26.5 Å². The molecule has 0 fully saturated rings. The lowest BCUT2D eigenvalue weighted by Crippen LogP contribution is -1.93. The van der Waals surface area contributed by atoms with Crippen molar-refractivity contribution in [2.24, 2.45) is 0 Å². The van der Waals surface area contributed by atoms with Crippen molar-refractivity contribution in [3.63, 3.8) is 0 Å². The molecule has 0 atom stereocenters. The van der Waals surface area contributed by atoms with Crippen LogP contribution in [0.1, 0.15) is 32.6 Å². The highest BCUT2D eigenvalue weighted by Gasteiger charge is 1.92. The molecular weight excluding hydrogens is 175 g/mol. The Morgan fingerprint density at radius 2 is 1.77 bits per heavy atom. The molecular formula is C12H18P. The molecule has 0 saturated heterocycles. The van der Waals surface area contributed by atoms with Gasteiger partial charge in [-0.25, -0.2) is 0 Å². The summed E-state index contributed by atoms with van der Waals surface area (Å²) in [7, 11) is 1.49. The summed E-state index contributed by atoms with van der Waals surface area (Å²) in [6.45, 7) is 2.26. The van der Waals surface area contributed by atoms with Crippen LogP contribution in [0.3, 0.4) is 0 Å². The fourth-order valence-electron chi connectivity index (χ4n) is 1.28. The van der Waals surface area contributed by atoms with E-state index in [0.29, 0.717) is 0 Å². The van der Waals surface area contributed by atoms with Crippen molar-refractivity contribution >= 4 is 13.9 Å². The Balaban J connectivity index is 2.07. The predicted molar refractivity (Wildman–Crippen MR) is 62.0 cm³/mol. The van der Waals surface area contributed by atoms with Crippen LogP contribution in [0, 0.1) is 0 Å². The van der Waals surface area contributed by atoms with Gasteiger partial charge in [0.25, 0.3) is 0 Å². The normalized spacial score (nSPS) is 11.2. The lowest BCUT2D eigenvalue weighted by atomic mass is 10.2. The van der Waals surface area contributed by atoms with Crippen LogP contribution >= 0.6 is 8.58 Å². The first-order chi connectivity index (χ1) is 6.43. The molecule has 0 aliphatic rings. The van der Waals surface area contributed by atoms with Crippen molar-refractivity contribution in [1.82, 2.24) is 0 Å². The molecule has 71 valence electrons. The Morgan fingerprint density at radius 3 is 2.46 bits per heavy atom. The minimum Gasteiger partial charge on any atom is -0.0654 e. The number of benzene rings is 1. The molecule has 0 aliphatic heterocycles. The molecule has 1 heteroatoms. The van der Waals surface area contributed by atoms with Crippen molar-refractivity contribution in [2.75, 3.05) is 6.16 Å². The molecule has 1 rings (SSSR count). The van der Waals surface area contributed by atoms with Crippen molar-refractivity contribution in [3.8, 4) is 0 Å². The van der Waals surface area contributed by atoms with Gasteiger partial charge in [0.15, 0.2) is 0 Å². The van der Waals surface area contributed by atoms with E-state index in [0.717, 1.165) is 0 Å². The second-order valence-electron chi connectivity index (χ2n) is 3.28. The largest absolute Gasteiger partial charge is 0.0654 e. The SMILES string of the molecule is CCCCCC[P]c1ccccc1. The molecule has 0 amide bonds. The highest BCUT2D eigenvalue weighted by molar-refractivity contribution is 7.47. The third-order valence-corrected chi connectivity index (χ3v) is 3.27. The summed E-state index contributed by atoms with van der Waals surface area (Å²) < 4.78 is 0. The van der Waals surface area contributed by atoms with Gasteiger partial charge in [0, 0.05) is 0 Å². The van der Waals surface area contributed by atoms with Crippen LogP contribution in [-0.4, -0.2) is 6.16 Å². The Bertz CT molecular complexity index is 206. The zero-order valence-corrected chi connectivity index (χ0v) is 9.26. The first-order valence-corrected chi connectivity index (χ1v) is 6.24. The summed E-state index contributed by atoms with van der Waals surface area (Å²) in [5, 5.41) is 1.46. The van der Waals surface area contributed by atoms with E-state index >= 15 is 0 Å². The number of rotatable bonds is 6. The van der Waals surface area contributed by atoms with Gasteiger partial charge in [0.2, 0.25) is 0 Å². The van der Waals surface area contributed by atoms with E-state index in [-0.39, 0.29) is 0 Å². The molecule has 0 N–H and O–H groups in total. The van der Waals surface area contributed by atoms with Gasteiger partial charge in [-0.2, -0.15) is 0 Å². The minimum absolute atomic E-state index is 1.32. The second-order valence-corrected chi connectivity index (χ2v) is 4.56. The molecule has 0 spiro atoms. The first-order valence-electron chi connectivity index (χ1n) is 5.16. The maximum atomic E-state index is 2.26. The van der Waals surface area contributed by atoms with Gasteiger partial charge in [0.1, 0.15) is 0 Å². The maximum absolute atomic E-state index is 2.26. The van der Waals surface area contributed by atoms with E-state index in [2.05, 4.69) is 37.3 Å². The Hall–Kier alpha value is -0.350. The molecule has 0 nitrogen and oxygen atoms in total. The molecule has 0 bridgehead atoms. The average Bonchev–Trinajstić information content (AvgIpc) is 2.19. The third-order valence-electron chi connectivity index (χ3n) is 2.06. The van der Waals surface area contributed by atoms with Crippen LogP contribution in [0.5, 0.6) is 0 Å². The lowest BCUT2D eigenvalue weighted by Gasteiger charge is -1.99. The Kier molecular flexibility index (Phi) is 5.85. The third kappa shape index (κ3) is 5.05. The zero-order chi connectivity index (χ0) is 9.36. The molecule has 0 unspecified atom stereocenters. The van der Waals surface area contributed by atoms with Crippen LogP contribution in [0.2, 0.25) is 0 Å². The topological polar surface area (TPSA) is 0 Å². The van der Waals surface area contributed by atoms with Crippen molar-refractivity contribution < 1.29 is 0 Å². The quantitative estimate of drug-likeness (QED) is 0.475. The fraction of sp³-hybridized carbons (Fsp3) is 0.500. The zero-order valence-electron chi connectivity index (χ0n) is 8.37. The van der Waals surface area contributed by atoms with Crippen LogP contribution < -0.4 is 5.30 Å². The monoisotopic (exact) mass is 193 g/mol.